The van der Waals surface area contributed by atoms with E-state index < -0.39 is 5.54 Å². The monoisotopic (exact) mass is 322 g/mol. The first-order valence-corrected chi connectivity index (χ1v) is 7.87. The Labute approximate surface area is 141 Å². The summed E-state index contributed by atoms with van der Waals surface area (Å²) >= 11 is 0. The first kappa shape index (κ1) is 16.3. The highest BCUT2D eigenvalue weighted by atomic mass is 15.1. The van der Waals surface area contributed by atoms with Gasteiger partial charge in [-0.1, -0.05) is 0 Å². The molecule has 6 nitrogen and oxygen atoms in total. The average molecular weight is 322 g/mol. The van der Waals surface area contributed by atoms with Crippen molar-refractivity contribution in [2.24, 2.45) is 5.73 Å². The van der Waals surface area contributed by atoms with Crippen LogP contribution in [0.15, 0.2) is 43.0 Å². The van der Waals surface area contributed by atoms with Crippen LogP contribution in [0.25, 0.3) is 22.3 Å². The molecule has 0 aromatic carbocycles. The fourth-order valence-electron chi connectivity index (χ4n) is 2.16. The van der Waals surface area contributed by atoms with Crippen LogP contribution < -0.4 is 11.1 Å². The summed E-state index contributed by atoms with van der Waals surface area (Å²) in [4.78, 5) is 17.6. The van der Waals surface area contributed by atoms with Gasteiger partial charge in [0.05, 0.1) is 17.3 Å². The van der Waals surface area contributed by atoms with E-state index in [0.717, 1.165) is 22.3 Å². The van der Waals surface area contributed by atoms with Crippen molar-refractivity contribution in [3.63, 3.8) is 0 Å². The Balaban J connectivity index is 2.16. The van der Waals surface area contributed by atoms with Crippen molar-refractivity contribution in [3.05, 3.63) is 43.0 Å². The highest BCUT2D eigenvalue weighted by Gasteiger charge is 2.34. The van der Waals surface area contributed by atoms with Crippen LogP contribution in [0.2, 0.25) is 0 Å². The molecule has 124 valence electrons. The molecule has 0 aliphatic heterocycles. The minimum atomic E-state index is -0.436. The van der Waals surface area contributed by atoms with Gasteiger partial charge in [0.15, 0.2) is 5.82 Å². The third-order valence-electron chi connectivity index (χ3n) is 4.48. The zero-order valence-electron chi connectivity index (χ0n) is 14.4. The molecule has 3 N–H and O–H groups in total. The minimum Gasteiger partial charge on any atom is -0.363 e. The van der Waals surface area contributed by atoms with Gasteiger partial charge in [-0.2, -0.15) is 0 Å². The summed E-state index contributed by atoms with van der Waals surface area (Å²) in [5, 5.41) is 4.41. The Morgan fingerprint density at radius 2 is 1.58 bits per heavy atom. The summed E-state index contributed by atoms with van der Waals surface area (Å²) < 4.78 is 0. The number of nitrogens with two attached hydrogens (primary N) is 1. The first-order chi connectivity index (χ1) is 11.3. The summed E-state index contributed by atoms with van der Waals surface area (Å²) in [6.07, 6.45) is 6.94. The van der Waals surface area contributed by atoms with E-state index in [1.807, 2.05) is 32.0 Å². The fraction of sp³-hybridized carbons (Fsp3) is 0.333. The van der Waals surface area contributed by atoms with Crippen LogP contribution in [0.5, 0.6) is 0 Å². The molecule has 0 spiro atoms. The predicted molar refractivity (Wildman–Crippen MR) is 96.5 cm³/mol. The number of anilines is 1. The van der Waals surface area contributed by atoms with Crippen molar-refractivity contribution in [1.29, 1.82) is 0 Å². The van der Waals surface area contributed by atoms with Crippen molar-refractivity contribution >= 4 is 16.7 Å². The van der Waals surface area contributed by atoms with E-state index in [1.54, 1.807) is 24.8 Å². The second-order valence-electron chi connectivity index (χ2n) is 7.00. The molecule has 24 heavy (non-hydrogen) atoms. The number of rotatable bonds is 4. The molecule has 0 radical (unpaired) electrons. The Hall–Kier alpha value is -2.60. The van der Waals surface area contributed by atoms with Gasteiger partial charge in [0.25, 0.3) is 0 Å². The Morgan fingerprint density at radius 1 is 0.917 bits per heavy atom. The predicted octanol–water partition coefficient (Wildman–Crippen LogP) is 3.01. The Bertz CT molecular complexity index is 852. The molecule has 0 aliphatic carbocycles. The number of aromatic nitrogens is 4. The molecule has 3 rings (SSSR count). The van der Waals surface area contributed by atoms with Crippen LogP contribution in [-0.4, -0.2) is 31.0 Å². The van der Waals surface area contributed by atoms with Gasteiger partial charge in [0.1, 0.15) is 5.82 Å². The molecule has 0 bridgehead atoms. The number of fused-ring (bicyclic) bond motifs is 1. The standard InChI is InChI=1S/C18H22N6/c1-17(2,19)18(3,4)24-16-13-7-10-21-11-14(13)22-15(23-16)12-5-8-20-9-6-12/h5-11H,19H2,1-4H3,(H,22,23,24). The maximum Gasteiger partial charge on any atom is 0.162 e. The second-order valence-corrected chi connectivity index (χ2v) is 7.00. The van der Waals surface area contributed by atoms with Gasteiger partial charge in [-0.25, -0.2) is 9.97 Å². The van der Waals surface area contributed by atoms with Crippen molar-refractivity contribution in [2.45, 2.75) is 38.8 Å². The molecule has 3 aromatic rings. The zero-order valence-corrected chi connectivity index (χ0v) is 14.4. The van der Waals surface area contributed by atoms with E-state index in [2.05, 4.69) is 34.1 Å². The lowest BCUT2D eigenvalue weighted by molar-refractivity contribution is 0.336. The summed E-state index contributed by atoms with van der Waals surface area (Å²) in [7, 11) is 0. The van der Waals surface area contributed by atoms with E-state index in [-0.39, 0.29) is 5.54 Å². The maximum atomic E-state index is 6.33. The lowest BCUT2D eigenvalue weighted by Crippen LogP contribution is -2.57. The van der Waals surface area contributed by atoms with Crippen LogP contribution in [0.3, 0.4) is 0 Å². The fourth-order valence-corrected chi connectivity index (χ4v) is 2.16. The molecule has 6 heteroatoms. The molecule has 3 aromatic heterocycles. The van der Waals surface area contributed by atoms with Crippen LogP contribution in [0.4, 0.5) is 5.82 Å². The third kappa shape index (κ3) is 3.05. The molecule has 0 aliphatic rings. The summed E-state index contributed by atoms with van der Waals surface area (Å²) in [6, 6.07) is 5.69. The molecule has 0 fully saturated rings. The molecule has 0 amide bonds. The molecule has 0 unspecified atom stereocenters. The van der Waals surface area contributed by atoms with E-state index >= 15 is 0 Å². The maximum absolute atomic E-state index is 6.33. The lowest BCUT2D eigenvalue weighted by atomic mass is 9.83. The molecule has 0 saturated carbocycles. The molecular formula is C18H22N6. The molecule has 3 heterocycles. The van der Waals surface area contributed by atoms with Gasteiger partial charge in [-0.05, 0) is 45.9 Å². The number of nitrogens with one attached hydrogen (secondary N) is 1. The van der Waals surface area contributed by atoms with E-state index in [4.69, 9.17) is 10.7 Å². The number of hydrogen-bond donors (Lipinski definition) is 2. The second kappa shape index (κ2) is 5.79. The van der Waals surface area contributed by atoms with Crippen LogP contribution in [-0.2, 0) is 0 Å². The summed E-state index contributed by atoms with van der Waals surface area (Å²) in [5.41, 5.74) is 7.21. The van der Waals surface area contributed by atoms with Crippen molar-refractivity contribution in [1.82, 2.24) is 19.9 Å². The molecule has 0 saturated heterocycles. The Morgan fingerprint density at radius 3 is 2.25 bits per heavy atom. The number of nitrogens with zero attached hydrogens (tertiary/aromatic N) is 4. The lowest BCUT2D eigenvalue weighted by Gasteiger charge is -2.39. The highest BCUT2D eigenvalue weighted by molar-refractivity contribution is 5.90. The summed E-state index contributed by atoms with van der Waals surface area (Å²) in [6.45, 7) is 8.12. The van der Waals surface area contributed by atoms with E-state index in [1.165, 1.54) is 0 Å². The first-order valence-electron chi connectivity index (χ1n) is 7.87. The van der Waals surface area contributed by atoms with Crippen LogP contribution in [0, 0.1) is 0 Å². The average Bonchev–Trinajstić information content (AvgIpc) is 2.54. The van der Waals surface area contributed by atoms with Gasteiger partial charge >= 0.3 is 0 Å². The van der Waals surface area contributed by atoms with E-state index in [9.17, 15) is 0 Å². The quantitative estimate of drug-likeness (QED) is 0.767. The van der Waals surface area contributed by atoms with Crippen LogP contribution >= 0.6 is 0 Å². The van der Waals surface area contributed by atoms with Crippen molar-refractivity contribution in [3.8, 4) is 11.4 Å². The SMILES string of the molecule is CC(C)(N)C(C)(C)Nc1nc(-c2ccncc2)nc2cnccc12. The topological polar surface area (TPSA) is 89.6 Å². The molecular weight excluding hydrogens is 300 g/mol. The third-order valence-corrected chi connectivity index (χ3v) is 4.48. The van der Waals surface area contributed by atoms with Crippen LogP contribution in [0.1, 0.15) is 27.7 Å². The summed E-state index contributed by atoms with van der Waals surface area (Å²) in [5.74, 6) is 1.38. The van der Waals surface area contributed by atoms with Gasteiger partial charge < -0.3 is 11.1 Å². The van der Waals surface area contributed by atoms with Gasteiger partial charge in [-0.15, -0.1) is 0 Å². The van der Waals surface area contributed by atoms with Crippen molar-refractivity contribution < 1.29 is 0 Å². The van der Waals surface area contributed by atoms with Crippen molar-refractivity contribution in [2.75, 3.05) is 5.32 Å². The number of pyridine rings is 2. The number of hydrogen-bond acceptors (Lipinski definition) is 6. The van der Waals surface area contributed by atoms with Gasteiger partial charge in [0, 0.05) is 35.1 Å². The minimum absolute atomic E-state index is 0.368. The largest absolute Gasteiger partial charge is 0.363 e. The van der Waals surface area contributed by atoms with Gasteiger partial charge in [-0.3, -0.25) is 9.97 Å². The van der Waals surface area contributed by atoms with Gasteiger partial charge in [0.2, 0.25) is 0 Å². The normalized spacial score (nSPS) is 12.4. The molecule has 0 atom stereocenters. The van der Waals surface area contributed by atoms with E-state index in [0.29, 0.717) is 5.82 Å². The Kier molecular flexibility index (Phi) is 3.93. The zero-order chi connectivity index (χ0) is 17.4. The smallest absolute Gasteiger partial charge is 0.162 e. The highest BCUT2D eigenvalue weighted by Crippen LogP contribution is 2.29.